The van der Waals surface area contributed by atoms with E-state index in [4.69, 9.17) is 4.42 Å². The van der Waals surface area contributed by atoms with Gasteiger partial charge in [-0.1, -0.05) is 18.2 Å². The molecule has 2 amide bonds. The summed E-state index contributed by atoms with van der Waals surface area (Å²) in [5.74, 6) is -0.246. The van der Waals surface area contributed by atoms with E-state index in [0.717, 1.165) is 22.2 Å². The summed E-state index contributed by atoms with van der Waals surface area (Å²) in [5, 5.41) is 7.55. The van der Waals surface area contributed by atoms with Crippen molar-refractivity contribution in [2.75, 3.05) is 6.54 Å². The Kier molecular flexibility index (Phi) is 5.51. The molecule has 2 heterocycles. The Morgan fingerprint density at radius 2 is 2.04 bits per heavy atom. The van der Waals surface area contributed by atoms with Crippen LogP contribution in [0.2, 0.25) is 0 Å². The van der Waals surface area contributed by atoms with Gasteiger partial charge in [0.15, 0.2) is 0 Å². The van der Waals surface area contributed by atoms with Gasteiger partial charge in [-0.15, -0.1) is 0 Å². The molecule has 1 aromatic carbocycles. The molecule has 0 radical (unpaired) electrons. The zero-order chi connectivity index (χ0) is 19.2. The van der Waals surface area contributed by atoms with Crippen LogP contribution < -0.4 is 10.7 Å². The molecule has 0 saturated heterocycles. The number of furan rings is 1. The summed E-state index contributed by atoms with van der Waals surface area (Å²) in [4.78, 5) is 23.5. The van der Waals surface area contributed by atoms with Crippen molar-refractivity contribution in [3.63, 3.8) is 0 Å². The highest BCUT2D eigenvalue weighted by Crippen LogP contribution is 2.22. The Morgan fingerprint density at radius 3 is 2.81 bits per heavy atom. The summed E-state index contributed by atoms with van der Waals surface area (Å²) in [6.45, 7) is 1.82. The van der Waals surface area contributed by atoms with Gasteiger partial charge in [0.2, 0.25) is 5.91 Å². The van der Waals surface area contributed by atoms with Crippen LogP contribution >= 0.6 is 0 Å². The first-order valence-electron chi connectivity index (χ1n) is 8.41. The lowest BCUT2D eigenvalue weighted by molar-refractivity contribution is -0.123. The molecule has 7 nitrogen and oxygen atoms in total. The van der Waals surface area contributed by atoms with Crippen molar-refractivity contribution in [2.45, 2.75) is 6.92 Å². The summed E-state index contributed by atoms with van der Waals surface area (Å²) in [6.07, 6.45) is 5.96. The van der Waals surface area contributed by atoms with E-state index in [2.05, 4.69) is 20.4 Å². The molecule has 7 heteroatoms. The fourth-order valence-electron chi connectivity index (χ4n) is 2.69. The number of carbonyl (C=O) groups is 2. The smallest absolute Gasteiger partial charge is 0.259 e. The van der Waals surface area contributed by atoms with Crippen LogP contribution in [0.25, 0.3) is 17.0 Å². The van der Waals surface area contributed by atoms with Gasteiger partial charge in [-0.05, 0) is 31.2 Å². The molecule has 0 bridgehead atoms. The Morgan fingerprint density at radius 1 is 1.22 bits per heavy atom. The van der Waals surface area contributed by atoms with Crippen LogP contribution in [-0.4, -0.2) is 29.1 Å². The first-order chi connectivity index (χ1) is 13.1. The average molecular weight is 364 g/mol. The van der Waals surface area contributed by atoms with Crippen molar-refractivity contribution in [3.05, 3.63) is 65.8 Å². The summed E-state index contributed by atoms with van der Waals surface area (Å²) in [6, 6.07) is 11.4. The Balaban J connectivity index is 1.54. The maximum absolute atomic E-state index is 11.8. The second-order valence-corrected chi connectivity index (χ2v) is 5.93. The number of hydrogen-bond donors (Lipinski definition) is 2. The summed E-state index contributed by atoms with van der Waals surface area (Å²) >= 11 is 0. The predicted octanol–water partition coefficient (Wildman–Crippen LogP) is 2.36. The van der Waals surface area contributed by atoms with Crippen LogP contribution in [0.1, 0.15) is 17.0 Å². The topological polar surface area (TPSA) is 88.6 Å². The van der Waals surface area contributed by atoms with Crippen molar-refractivity contribution in [2.24, 2.45) is 12.1 Å². The number of benzene rings is 1. The molecular weight excluding hydrogens is 344 g/mol. The quantitative estimate of drug-likeness (QED) is 0.400. The number of nitrogens with zero attached hydrogens (tertiary/aromatic N) is 2. The SMILES string of the molecule is Cc1c(/C=N/NC(=O)CNC(=O)/C=C/c2ccco2)c2ccccc2n1C. The van der Waals surface area contributed by atoms with Gasteiger partial charge in [0.25, 0.3) is 5.91 Å². The Hall–Kier alpha value is -3.61. The number of hydrogen-bond acceptors (Lipinski definition) is 4. The molecule has 0 atom stereocenters. The zero-order valence-corrected chi connectivity index (χ0v) is 15.1. The van der Waals surface area contributed by atoms with E-state index in [9.17, 15) is 9.59 Å². The van der Waals surface area contributed by atoms with E-state index in [1.807, 2.05) is 38.2 Å². The predicted molar refractivity (Wildman–Crippen MR) is 104 cm³/mol. The Labute approximate surface area is 156 Å². The number of aromatic nitrogens is 1. The van der Waals surface area contributed by atoms with E-state index < -0.39 is 11.8 Å². The third-order valence-electron chi connectivity index (χ3n) is 4.20. The van der Waals surface area contributed by atoms with Gasteiger partial charge in [-0.3, -0.25) is 9.59 Å². The molecular formula is C20H20N4O3. The van der Waals surface area contributed by atoms with Gasteiger partial charge < -0.3 is 14.3 Å². The van der Waals surface area contributed by atoms with E-state index in [1.165, 1.54) is 18.4 Å². The van der Waals surface area contributed by atoms with Gasteiger partial charge in [-0.2, -0.15) is 5.10 Å². The lowest BCUT2D eigenvalue weighted by atomic mass is 10.1. The monoisotopic (exact) mass is 364 g/mol. The minimum Gasteiger partial charge on any atom is -0.465 e. The fourth-order valence-corrected chi connectivity index (χ4v) is 2.69. The van der Waals surface area contributed by atoms with Gasteiger partial charge >= 0.3 is 0 Å². The molecule has 0 aliphatic heterocycles. The summed E-state index contributed by atoms with van der Waals surface area (Å²) in [5.41, 5.74) is 5.51. The van der Waals surface area contributed by atoms with Gasteiger partial charge in [0.1, 0.15) is 5.76 Å². The lowest BCUT2D eigenvalue weighted by Gasteiger charge is -2.01. The van der Waals surface area contributed by atoms with Gasteiger partial charge in [0.05, 0.1) is 19.0 Å². The summed E-state index contributed by atoms with van der Waals surface area (Å²) in [7, 11) is 1.99. The molecule has 0 aliphatic rings. The third-order valence-corrected chi connectivity index (χ3v) is 4.20. The number of para-hydroxylation sites is 1. The lowest BCUT2D eigenvalue weighted by Crippen LogP contribution is -2.34. The van der Waals surface area contributed by atoms with Gasteiger partial charge in [-0.25, -0.2) is 5.43 Å². The number of aryl methyl sites for hydroxylation is 1. The number of nitrogens with one attached hydrogen (secondary N) is 2. The van der Waals surface area contributed by atoms with Crippen molar-refractivity contribution in [1.82, 2.24) is 15.3 Å². The van der Waals surface area contributed by atoms with Crippen LogP contribution in [0.4, 0.5) is 0 Å². The molecule has 0 spiro atoms. The molecule has 3 aromatic rings. The minimum absolute atomic E-state index is 0.173. The first-order valence-corrected chi connectivity index (χ1v) is 8.41. The molecule has 3 rings (SSSR count). The Bertz CT molecular complexity index is 1010. The van der Waals surface area contributed by atoms with Crippen LogP contribution in [-0.2, 0) is 16.6 Å². The number of fused-ring (bicyclic) bond motifs is 1. The highest BCUT2D eigenvalue weighted by molar-refractivity contribution is 6.01. The molecule has 0 aliphatic carbocycles. The maximum Gasteiger partial charge on any atom is 0.259 e. The normalized spacial score (nSPS) is 11.5. The average Bonchev–Trinajstić information content (AvgIpc) is 3.28. The van der Waals surface area contributed by atoms with E-state index in [0.29, 0.717) is 5.76 Å². The van der Waals surface area contributed by atoms with Crippen molar-refractivity contribution in [1.29, 1.82) is 0 Å². The second kappa shape index (κ2) is 8.18. The van der Waals surface area contributed by atoms with Crippen LogP contribution in [0.15, 0.2) is 58.3 Å². The largest absolute Gasteiger partial charge is 0.465 e. The molecule has 0 saturated carbocycles. The minimum atomic E-state index is -0.413. The first kappa shape index (κ1) is 18.2. The van der Waals surface area contributed by atoms with E-state index in [1.54, 1.807) is 18.3 Å². The molecule has 2 N–H and O–H groups in total. The zero-order valence-electron chi connectivity index (χ0n) is 15.1. The van der Waals surface area contributed by atoms with Crippen LogP contribution in [0.5, 0.6) is 0 Å². The molecule has 0 unspecified atom stereocenters. The van der Waals surface area contributed by atoms with Crippen molar-refractivity contribution < 1.29 is 14.0 Å². The van der Waals surface area contributed by atoms with Gasteiger partial charge in [0, 0.05) is 35.3 Å². The summed E-state index contributed by atoms with van der Waals surface area (Å²) < 4.78 is 7.15. The molecule has 27 heavy (non-hydrogen) atoms. The maximum atomic E-state index is 11.8. The van der Waals surface area contributed by atoms with E-state index >= 15 is 0 Å². The standard InChI is InChI=1S/C20H20N4O3/c1-14-17(16-7-3-4-8-18(16)24(14)2)12-22-23-20(26)13-21-19(25)10-9-15-6-5-11-27-15/h3-12H,13H2,1-2H3,(H,21,25)(H,23,26)/b10-9+,22-12+. The van der Waals surface area contributed by atoms with Crippen LogP contribution in [0, 0.1) is 6.92 Å². The number of rotatable bonds is 6. The number of hydrazone groups is 1. The third kappa shape index (κ3) is 4.33. The van der Waals surface area contributed by atoms with Crippen molar-refractivity contribution >= 4 is 35.0 Å². The highest BCUT2D eigenvalue weighted by Gasteiger charge is 2.09. The van der Waals surface area contributed by atoms with Crippen LogP contribution in [0.3, 0.4) is 0 Å². The molecule has 2 aromatic heterocycles. The molecule has 0 fully saturated rings. The van der Waals surface area contributed by atoms with Crippen molar-refractivity contribution in [3.8, 4) is 0 Å². The van der Waals surface area contributed by atoms with E-state index in [-0.39, 0.29) is 6.54 Å². The highest BCUT2D eigenvalue weighted by atomic mass is 16.3. The second-order valence-electron chi connectivity index (χ2n) is 5.93. The molecule has 138 valence electrons. The fraction of sp³-hybridized carbons (Fsp3) is 0.150. The number of amides is 2. The number of carbonyl (C=O) groups excluding carboxylic acids is 2.